The molecule has 0 aliphatic carbocycles. The van der Waals surface area contributed by atoms with Crippen LogP contribution in [-0.4, -0.2) is 76.5 Å². The maximum Gasteiger partial charge on any atom is 0.379 e. The normalized spacial score (nSPS) is 15.5. The molecule has 9 heterocycles. The van der Waals surface area contributed by atoms with Crippen molar-refractivity contribution in [1.82, 2.24) is 0 Å². The molecule has 0 amide bonds. The summed E-state index contributed by atoms with van der Waals surface area (Å²) in [5, 5.41) is 2.60. The molecule has 398 valence electrons. The SMILES string of the molecule is CCCCCC(=O)c1cc2cc3c4c(c2oc1=O)CCCN4CCC3.O=C=O.O=COCCCCC(=O)c1cc2cc3c4c(c2oc1=O)CCCN4CCC3.O=COc1cc2cc3c4c(c2oc1=O)CCCN4CCC3. The van der Waals surface area contributed by atoms with Crippen LogP contribution < -0.4 is 36.3 Å². The predicted molar refractivity (Wildman–Crippen MR) is 284 cm³/mol. The fourth-order valence-corrected chi connectivity index (χ4v) is 12.2. The molecule has 3 aromatic heterocycles. The van der Waals surface area contributed by atoms with Gasteiger partial charge in [0.2, 0.25) is 5.75 Å². The van der Waals surface area contributed by atoms with Crippen LogP contribution in [0.15, 0.2) is 64.0 Å². The molecule has 0 N–H and O–H groups in total. The predicted octanol–water partition coefficient (Wildman–Crippen LogP) is 8.72. The Morgan fingerprint density at radius 1 is 0.526 bits per heavy atom. The summed E-state index contributed by atoms with van der Waals surface area (Å²) in [5.74, 6) is -0.352. The molecule has 0 atom stereocenters. The quantitative estimate of drug-likeness (QED) is 0.0431. The van der Waals surface area contributed by atoms with E-state index >= 15 is 0 Å². The second kappa shape index (κ2) is 24.3. The van der Waals surface area contributed by atoms with Gasteiger partial charge >= 0.3 is 23.0 Å². The molecule has 0 saturated carbocycles. The van der Waals surface area contributed by atoms with E-state index in [2.05, 4.69) is 44.6 Å². The second-order valence-corrected chi connectivity index (χ2v) is 20.2. The van der Waals surface area contributed by atoms with Crippen LogP contribution in [0, 0.1) is 0 Å². The number of ether oxygens (including phenoxy) is 2. The van der Waals surface area contributed by atoms with Gasteiger partial charge in [0.15, 0.2) is 11.6 Å². The topological polar surface area (TPSA) is 221 Å². The van der Waals surface area contributed by atoms with Gasteiger partial charge in [0, 0.05) is 102 Å². The first-order chi connectivity index (χ1) is 37.1. The third kappa shape index (κ3) is 11.2. The van der Waals surface area contributed by atoms with Crippen molar-refractivity contribution in [3.63, 3.8) is 0 Å². The molecule has 0 radical (unpaired) electrons. The van der Waals surface area contributed by atoms with Gasteiger partial charge < -0.3 is 37.4 Å². The minimum Gasteiger partial charge on any atom is -0.468 e. The highest BCUT2D eigenvalue weighted by molar-refractivity contribution is 6.00. The van der Waals surface area contributed by atoms with Gasteiger partial charge in [-0.05, 0) is 149 Å². The maximum absolute atomic E-state index is 12.5. The number of aryl methyl sites for hydroxylation is 6. The van der Waals surface area contributed by atoms with E-state index in [1.807, 2.05) is 0 Å². The number of carbonyl (C=O) groups is 4. The number of hydrogen-bond donors (Lipinski definition) is 0. The number of ketones is 2. The van der Waals surface area contributed by atoms with Crippen molar-refractivity contribution in [3.8, 4) is 5.75 Å². The third-order valence-electron chi connectivity index (χ3n) is 15.4. The summed E-state index contributed by atoms with van der Waals surface area (Å²) in [7, 11) is 0. The summed E-state index contributed by atoms with van der Waals surface area (Å²) < 4.78 is 26.1. The van der Waals surface area contributed by atoms with Gasteiger partial charge in [0.1, 0.15) is 27.9 Å². The second-order valence-electron chi connectivity index (χ2n) is 20.2. The van der Waals surface area contributed by atoms with Crippen molar-refractivity contribution in [2.75, 3.05) is 60.6 Å². The molecule has 17 nitrogen and oxygen atoms in total. The number of unbranched alkanes of at least 4 members (excludes halogenated alkanes) is 3. The fraction of sp³-hybridized carbons (Fsp3) is 0.458. The van der Waals surface area contributed by atoms with E-state index in [0.29, 0.717) is 42.5 Å². The minimum absolute atomic E-state index is 0.0480. The molecule has 6 aromatic rings. The van der Waals surface area contributed by atoms with E-state index < -0.39 is 16.9 Å². The number of fused-ring (bicyclic) bond motifs is 6. The first-order valence-corrected chi connectivity index (χ1v) is 26.9. The molecule has 12 rings (SSSR count). The van der Waals surface area contributed by atoms with Gasteiger partial charge in [-0.2, -0.15) is 9.59 Å². The maximum atomic E-state index is 12.5. The summed E-state index contributed by atoms with van der Waals surface area (Å²) >= 11 is 0. The first-order valence-electron chi connectivity index (χ1n) is 26.9. The molecular formula is C59H63N3O14. The van der Waals surface area contributed by atoms with E-state index in [1.165, 1.54) is 39.3 Å². The molecule has 76 heavy (non-hydrogen) atoms. The Balaban J connectivity index is 0.000000137. The van der Waals surface area contributed by atoms with Crippen LogP contribution in [0.5, 0.6) is 5.75 Å². The van der Waals surface area contributed by atoms with Gasteiger partial charge in [0.05, 0.1) is 6.61 Å². The number of hydrogen-bond acceptors (Lipinski definition) is 17. The first kappa shape index (κ1) is 53.2. The Morgan fingerprint density at radius 2 is 0.908 bits per heavy atom. The van der Waals surface area contributed by atoms with Crippen LogP contribution in [0.1, 0.15) is 144 Å². The van der Waals surface area contributed by atoms with Gasteiger partial charge in [0.25, 0.3) is 12.9 Å². The van der Waals surface area contributed by atoms with Gasteiger partial charge in [-0.15, -0.1) is 0 Å². The number of nitrogens with zero attached hydrogens (tertiary/aromatic N) is 3. The Morgan fingerprint density at radius 3 is 1.30 bits per heavy atom. The number of rotatable bonds is 14. The highest BCUT2D eigenvalue weighted by atomic mass is 16.5. The molecule has 0 bridgehead atoms. The highest BCUT2D eigenvalue weighted by Gasteiger charge is 2.31. The minimum atomic E-state index is -0.598. The van der Waals surface area contributed by atoms with Crippen molar-refractivity contribution >= 4 is 80.6 Å². The van der Waals surface area contributed by atoms with Crippen molar-refractivity contribution < 1.29 is 51.5 Å². The third-order valence-corrected chi connectivity index (χ3v) is 15.4. The Hall–Kier alpha value is -7.65. The van der Waals surface area contributed by atoms with E-state index in [0.717, 1.165) is 163 Å². The Kier molecular flexibility index (Phi) is 17.0. The lowest BCUT2D eigenvalue weighted by molar-refractivity contribution is -0.191. The monoisotopic (exact) mass is 1040 g/mol. The van der Waals surface area contributed by atoms with Crippen LogP contribution in [0.25, 0.3) is 32.9 Å². The largest absolute Gasteiger partial charge is 0.468 e. The Bertz CT molecular complexity index is 3410. The molecular weight excluding hydrogens is 975 g/mol. The van der Waals surface area contributed by atoms with E-state index in [1.54, 1.807) is 18.2 Å². The van der Waals surface area contributed by atoms with Crippen LogP contribution in [0.3, 0.4) is 0 Å². The van der Waals surface area contributed by atoms with Gasteiger partial charge in [-0.25, -0.2) is 14.4 Å². The van der Waals surface area contributed by atoms with Gasteiger partial charge in [-0.3, -0.25) is 19.2 Å². The van der Waals surface area contributed by atoms with Crippen molar-refractivity contribution in [1.29, 1.82) is 0 Å². The molecule has 17 heteroatoms. The number of Topliss-reactive ketones (excluding diaryl/α,β-unsaturated/α-hetero) is 2. The van der Waals surface area contributed by atoms with Crippen molar-refractivity contribution in [2.45, 2.75) is 129 Å². The zero-order valence-electron chi connectivity index (χ0n) is 43.1. The average molecular weight is 1040 g/mol. The number of benzene rings is 3. The Labute approximate surface area is 438 Å². The summed E-state index contributed by atoms with van der Waals surface area (Å²) in [5.41, 5.74) is 11.8. The van der Waals surface area contributed by atoms with E-state index in [9.17, 15) is 33.6 Å². The average Bonchev–Trinajstić information content (AvgIpc) is 3.46. The van der Waals surface area contributed by atoms with E-state index in [4.69, 9.17) is 27.6 Å². The standard InChI is InChI=1S/C21H23NO5.C21H25NO3.C16H15NO4.CO2/c23-13-26-10-2-1-7-18(24)17-12-15-11-14-5-3-8-22-9-4-6-16(19(14)22)20(15)27-21(17)25;1-2-3-4-9-18(23)17-13-15-12-14-7-5-10-22-11-6-8-16(19(14)22)20(15)25-21(17)24;18-9-20-13-8-11-7-10-3-1-5-17-6-2-4-12(14(10)17)15(11)21-16(13)19;2-1-3/h11-13H,1-10H2;12-13H,2-11H2,1H3;7-9H,1-6H2;. The molecule has 0 spiro atoms. The van der Waals surface area contributed by atoms with Crippen LogP contribution >= 0.6 is 0 Å². The molecule has 0 unspecified atom stereocenters. The summed E-state index contributed by atoms with van der Waals surface area (Å²) in [6.45, 7) is 9.47. The lowest BCUT2D eigenvalue weighted by Gasteiger charge is -2.37. The van der Waals surface area contributed by atoms with Crippen LogP contribution in [-0.2, 0) is 62.4 Å². The summed E-state index contributed by atoms with van der Waals surface area (Å²) in [4.78, 5) is 106. The number of carbonyl (C=O) groups excluding carboxylic acids is 6. The van der Waals surface area contributed by atoms with E-state index in [-0.39, 0.29) is 54.1 Å². The zero-order valence-corrected chi connectivity index (χ0v) is 43.1. The van der Waals surface area contributed by atoms with Gasteiger partial charge in [-0.1, -0.05) is 19.8 Å². The smallest absolute Gasteiger partial charge is 0.379 e. The number of anilines is 3. The van der Waals surface area contributed by atoms with Crippen LogP contribution in [0.4, 0.5) is 17.1 Å². The lowest BCUT2D eigenvalue weighted by Crippen LogP contribution is -2.34. The lowest BCUT2D eigenvalue weighted by atomic mass is 9.89. The zero-order chi connectivity index (χ0) is 53.3. The molecule has 0 fully saturated rings. The highest BCUT2D eigenvalue weighted by Crippen LogP contribution is 2.43. The summed E-state index contributed by atoms with van der Waals surface area (Å²) in [6.07, 6.45) is 17.5. The molecule has 6 aliphatic rings. The molecule has 0 saturated heterocycles. The molecule has 3 aromatic carbocycles. The summed E-state index contributed by atoms with van der Waals surface area (Å²) in [6, 6.07) is 11.4. The fourth-order valence-electron chi connectivity index (χ4n) is 12.2. The molecule has 6 aliphatic heterocycles. The van der Waals surface area contributed by atoms with Crippen LogP contribution in [0.2, 0.25) is 0 Å². The van der Waals surface area contributed by atoms with Crippen molar-refractivity contribution in [3.05, 3.63) is 112 Å². The van der Waals surface area contributed by atoms with Crippen molar-refractivity contribution in [2.24, 2.45) is 0 Å².